The molecule has 2 fully saturated rings. The highest BCUT2D eigenvalue weighted by Crippen LogP contribution is 2.36. The first-order chi connectivity index (χ1) is 12.1. The lowest BCUT2D eigenvalue weighted by atomic mass is 9.81. The van der Waals surface area contributed by atoms with Crippen LogP contribution in [0, 0.1) is 10.8 Å². The Bertz CT molecular complexity index is 323. The van der Waals surface area contributed by atoms with Crippen molar-refractivity contribution in [1.29, 1.82) is 0 Å². The summed E-state index contributed by atoms with van der Waals surface area (Å²) in [5, 5.41) is 0. The Balaban J connectivity index is 1.74. The van der Waals surface area contributed by atoms with Crippen LogP contribution in [0.15, 0.2) is 0 Å². The first-order valence-corrected chi connectivity index (χ1v) is 10.2. The maximum atomic E-state index is 5.82. The maximum absolute atomic E-state index is 5.82. The summed E-state index contributed by atoms with van der Waals surface area (Å²) in [6, 6.07) is 0. The molecule has 2 rings (SSSR count). The average molecular weight is 359 g/mol. The minimum atomic E-state index is -0.684. The highest BCUT2D eigenvalue weighted by molar-refractivity contribution is 4.81. The molecule has 0 atom stereocenters. The zero-order valence-electron chi connectivity index (χ0n) is 16.7. The number of hydrogen-bond donors (Lipinski definition) is 0. The number of ether oxygens (including phenoxy) is 5. The quantitative estimate of drug-likeness (QED) is 0.559. The summed E-state index contributed by atoms with van der Waals surface area (Å²) in [6.45, 7) is 10.2. The number of hydrogen-bond acceptors (Lipinski definition) is 5. The summed E-state index contributed by atoms with van der Waals surface area (Å²) in [5.74, 6) is 0. The van der Waals surface area contributed by atoms with Gasteiger partial charge >= 0.3 is 0 Å². The van der Waals surface area contributed by atoms with E-state index in [9.17, 15) is 0 Å². The number of unbranched alkanes of at least 4 members (excludes halogenated alkanes) is 2. The van der Waals surface area contributed by atoms with Gasteiger partial charge in [0.2, 0.25) is 0 Å². The van der Waals surface area contributed by atoms with Crippen LogP contribution in [0.3, 0.4) is 0 Å². The Hall–Kier alpha value is -0.200. The van der Waals surface area contributed by atoms with Gasteiger partial charge in [0.25, 0.3) is 13.0 Å². The molecule has 5 heteroatoms. The van der Waals surface area contributed by atoms with Gasteiger partial charge in [0, 0.05) is 10.8 Å². The second kappa shape index (κ2) is 10.2. The lowest BCUT2D eigenvalue weighted by Crippen LogP contribution is -2.47. The lowest BCUT2D eigenvalue weighted by molar-refractivity contribution is -0.437. The fraction of sp³-hybridized carbons (Fsp3) is 1.00. The minimum Gasteiger partial charge on any atom is -0.329 e. The molecule has 0 amide bonds. The molecule has 0 bridgehead atoms. The van der Waals surface area contributed by atoms with E-state index in [1.165, 1.54) is 25.7 Å². The molecule has 148 valence electrons. The van der Waals surface area contributed by atoms with Gasteiger partial charge in [-0.1, -0.05) is 53.4 Å². The van der Waals surface area contributed by atoms with Crippen molar-refractivity contribution in [1.82, 2.24) is 0 Å². The molecular weight excluding hydrogens is 320 g/mol. The van der Waals surface area contributed by atoms with Crippen molar-refractivity contribution in [2.75, 3.05) is 26.4 Å². The largest absolute Gasteiger partial charge is 0.329 e. The Labute approximate surface area is 153 Å². The average Bonchev–Trinajstić information content (AvgIpc) is 2.67. The molecule has 25 heavy (non-hydrogen) atoms. The molecule has 0 unspecified atom stereocenters. The van der Waals surface area contributed by atoms with Crippen LogP contribution in [-0.4, -0.2) is 39.4 Å². The first-order valence-electron chi connectivity index (χ1n) is 10.2. The van der Waals surface area contributed by atoms with Gasteiger partial charge in [0.15, 0.2) is 0 Å². The molecule has 0 radical (unpaired) electrons. The number of rotatable bonds is 10. The molecule has 2 heterocycles. The van der Waals surface area contributed by atoms with Gasteiger partial charge < -0.3 is 18.9 Å². The molecular formula is C20H38O5. The van der Waals surface area contributed by atoms with Gasteiger partial charge in [-0.05, 0) is 25.7 Å². The smallest absolute Gasteiger partial charge is 0.275 e. The van der Waals surface area contributed by atoms with E-state index in [4.69, 9.17) is 23.7 Å². The molecule has 0 aliphatic carbocycles. The summed E-state index contributed by atoms with van der Waals surface area (Å²) >= 11 is 0. The summed E-state index contributed by atoms with van der Waals surface area (Å²) in [6.07, 6.45) is 9.21. The van der Waals surface area contributed by atoms with Crippen LogP contribution in [0.25, 0.3) is 0 Å². The van der Waals surface area contributed by atoms with E-state index in [0.29, 0.717) is 26.4 Å². The standard InChI is InChI=1S/C20H38O5/c1-5-9-11-19(7-3)13-21-17(22-14-19)25-18-23-15-20(8-4,16-24-18)12-10-6-2/h17-18H,5-16H2,1-4H3. The van der Waals surface area contributed by atoms with Crippen LogP contribution in [-0.2, 0) is 23.7 Å². The van der Waals surface area contributed by atoms with Crippen molar-refractivity contribution < 1.29 is 23.7 Å². The highest BCUT2D eigenvalue weighted by atomic mass is 16.9. The molecule has 0 spiro atoms. The van der Waals surface area contributed by atoms with Crippen molar-refractivity contribution in [2.24, 2.45) is 10.8 Å². The second-order valence-electron chi connectivity index (χ2n) is 7.87. The summed E-state index contributed by atoms with van der Waals surface area (Å²) in [7, 11) is 0. The third-order valence-corrected chi connectivity index (χ3v) is 5.95. The van der Waals surface area contributed by atoms with E-state index in [-0.39, 0.29) is 10.8 Å². The molecule has 0 aromatic heterocycles. The van der Waals surface area contributed by atoms with Crippen LogP contribution in [0.4, 0.5) is 0 Å². The molecule has 2 saturated heterocycles. The van der Waals surface area contributed by atoms with Crippen molar-refractivity contribution in [2.45, 2.75) is 92.0 Å². The van der Waals surface area contributed by atoms with Crippen molar-refractivity contribution in [3.05, 3.63) is 0 Å². The van der Waals surface area contributed by atoms with Gasteiger partial charge in [-0.25, -0.2) is 0 Å². The van der Waals surface area contributed by atoms with Crippen molar-refractivity contribution in [3.8, 4) is 0 Å². The molecule has 0 saturated carbocycles. The van der Waals surface area contributed by atoms with E-state index < -0.39 is 13.0 Å². The fourth-order valence-electron chi connectivity index (χ4n) is 3.56. The van der Waals surface area contributed by atoms with Crippen LogP contribution in [0.2, 0.25) is 0 Å². The van der Waals surface area contributed by atoms with E-state index >= 15 is 0 Å². The van der Waals surface area contributed by atoms with Crippen LogP contribution < -0.4 is 0 Å². The SMILES string of the molecule is CCCCC1(CC)COC(OC2OCC(CC)(CCCC)CO2)OC1. The lowest BCUT2D eigenvalue weighted by Gasteiger charge is -2.42. The monoisotopic (exact) mass is 358 g/mol. The Morgan fingerprint density at radius 2 is 1.04 bits per heavy atom. The van der Waals surface area contributed by atoms with Crippen molar-refractivity contribution >= 4 is 0 Å². The zero-order valence-corrected chi connectivity index (χ0v) is 16.7. The molecule has 5 nitrogen and oxygen atoms in total. The third kappa shape index (κ3) is 5.90. The Morgan fingerprint density at radius 3 is 1.32 bits per heavy atom. The molecule has 2 aliphatic heterocycles. The molecule has 2 aliphatic rings. The van der Waals surface area contributed by atoms with E-state index in [2.05, 4.69) is 27.7 Å². The predicted molar refractivity (Wildman–Crippen MR) is 97.0 cm³/mol. The van der Waals surface area contributed by atoms with E-state index in [1.807, 2.05) is 0 Å². The second-order valence-corrected chi connectivity index (χ2v) is 7.87. The Kier molecular flexibility index (Phi) is 8.62. The van der Waals surface area contributed by atoms with Gasteiger partial charge in [-0.15, -0.1) is 0 Å². The van der Waals surface area contributed by atoms with Crippen LogP contribution in [0.1, 0.15) is 79.1 Å². The molecule has 0 N–H and O–H groups in total. The summed E-state index contributed by atoms with van der Waals surface area (Å²) in [4.78, 5) is 0. The van der Waals surface area contributed by atoms with Gasteiger partial charge in [0.05, 0.1) is 26.4 Å². The molecule has 0 aromatic rings. The Morgan fingerprint density at radius 1 is 0.680 bits per heavy atom. The van der Waals surface area contributed by atoms with E-state index in [0.717, 1.165) is 25.7 Å². The fourth-order valence-corrected chi connectivity index (χ4v) is 3.56. The normalized spacial score (nSPS) is 36.5. The van der Waals surface area contributed by atoms with Crippen LogP contribution >= 0.6 is 0 Å². The zero-order chi connectivity index (χ0) is 18.2. The van der Waals surface area contributed by atoms with E-state index in [1.54, 1.807) is 0 Å². The highest BCUT2D eigenvalue weighted by Gasteiger charge is 2.39. The first kappa shape index (κ1) is 21.1. The summed E-state index contributed by atoms with van der Waals surface area (Å²) in [5.41, 5.74) is 0.253. The van der Waals surface area contributed by atoms with Gasteiger partial charge in [0.1, 0.15) is 0 Å². The minimum absolute atomic E-state index is 0.127. The summed E-state index contributed by atoms with van der Waals surface area (Å²) < 4.78 is 29.0. The maximum Gasteiger partial charge on any atom is 0.275 e. The predicted octanol–water partition coefficient (Wildman–Crippen LogP) is 4.84. The third-order valence-electron chi connectivity index (χ3n) is 5.95. The van der Waals surface area contributed by atoms with Gasteiger partial charge in [-0.3, -0.25) is 4.74 Å². The van der Waals surface area contributed by atoms with Crippen LogP contribution in [0.5, 0.6) is 0 Å². The van der Waals surface area contributed by atoms with Crippen molar-refractivity contribution in [3.63, 3.8) is 0 Å². The van der Waals surface area contributed by atoms with Gasteiger partial charge in [-0.2, -0.15) is 0 Å². The molecule has 0 aromatic carbocycles. The topological polar surface area (TPSA) is 46.2 Å².